The normalized spacial score (nSPS) is 17.4. The molecule has 2 nitrogen and oxygen atoms in total. The number of halogens is 1. The summed E-state index contributed by atoms with van der Waals surface area (Å²) in [6.07, 6.45) is 1.88. The van der Waals surface area contributed by atoms with Crippen LogP contribution in [0.5, 0.6) is 0 Å². The summed E-state index contributed by atoms with van der Waals surface area (Å²) in [6, 6.07) is 15.2. The van der Waals surface area contributed by atoms with Crippen molar-refractivity contribution in [3.05, 3.63) is 58.6 Å². The maximum atomic E-state index is 6.38. The Morgan fingerprint density at radius 2 is 1.90 bits per heavy atom. The Kier molecular flexibility index (Phi) is 3.68. The monoisotopic (exact) mass is 286 g/mol. The summed E-state index contributed by atoms with van der Waals surface area (Å²) >= 11 is 6.38. The zero-order chi connectivity index (χ0) is 14.1. The van der Waals surface area contributed by atoms with E-state index in [0.717, 1.165) is 23.4 Å². The molecule has 1 atom stereocenters. The molecule has 0 radical (unpaired) electrons. The molecular formula is C17H19ClN2. The van der Waals surface area contributed by atoms with Crippen LogP contribution in [-0.4, -0.2) is 12.6 Å². The Labute approximate surface area is 125 Å². The number of nitrogens with zero attached hydrogens (tertiary/aromatic N) is 1. The average Bonchev–Trinajstić information content (AvgIpc) is 2.77. The summed E-state index contributed by atoms with van der Waals surface area (Å²) in [5.41, 5.74) is 10.8. The molecule has 0 aliphatic carbocycles. The van der Waals surface area contributed by atoms with E-state index in [0.29, 0.717) is 12.6 Å². The van der Waals surface area contributed by atoms with Crippen molar-refractivity contribution < 1.29 is 0 Å². The Morgan fingerprint density at radius 3 is 2.70 bits per heavy atom. The van der Waals surface area contributed by atoms with Gasteiger partial charge in [0.1, 0.15) is 0 Å². The number of rotatable bonds is 3. The average molecular weight is 287 g/mol. The molecule has 2 N–H and O–H groups in total. The number of fused-ring (bicyclic) bond motifs is 1. The molecule has 3 heteroatoms. The van der Waals surface area contributed by atoms with Crippen LogP contribution in [0.15, 0.2) is 42.5 Å². The standard InChI is InChI=1S/C17H19ClN2/c1-12-11-13-5-2-3-7-16(13)20(12)17-8-4-6-15(18)14(17)9-10-19/h2-8,12H,9-11,19H2,1H3. The lowest BCUT2D eigenvalue weighted by Crippen LogP contribution is -2.25. The molecule has 1 heterocycles. The van der Waals surface area contributed by atoms with Gasteiger partial charge in [-0.15, -0.1) is 0 Å². The van der Waals surface area contributed by atoms with Crippen LogP contribution < -0.4 is 10.6 Å². The maximum Gasteiger partial charge on any atom is 0.0461 e. The van der Waals surface area contributed by atoms with Crippen LogP contribution in [0.1, 0.15) is 18.1 Å². The molecule has 0 fully saturated rings. The molecule has 3 rings (SSSR count). The molecule has 1 unspecified atom stereocenters. The lowest BCUT2D eigenvalue weighted by molar-refractivity contribution is 0.754. The van der Waals surface area contributed by atoms with Crippen LogP contribution in [0.3, 0.4) is 0 Å². The van der Waals surface area contributed by atoms with Crippen LogP contribution in [0, 0.1) is 0 Å². The molecule has 1 aliphatic heterocycles. The van der Waals surface area contributed by atoms with E-state index in [2.05, 4.69) is 42.2 Å². The molecule has 0 aromatic heterocycles. The Bertz CT molecular complexity index is 624. The quantitative estimate of drug-likeness (QED) is 0.926. The molecule has 0 bridgehead atoms. The SMILES string of the molecule is CC1Cc2ccccc2N1c1cccc(Cl)c1CCN. The molecule has 2 aromatic carbocycles. The smallest absolute Gasteiger partial charge is 0.0461 e. The number of benzene rings is 2. The first-order valence-corrected chi connectivity index (χ1v) is 7.44. The lowest BCUT2D eigenvalue weighted by atomic mass is 10.1. The van der Waals surface area contributed by atoms with Gasteiger partial charge < -0.3 is 10.6 Å². The molecule has 0 spiro atoms. The molecule has 20 heavy (non-hydrogen) atoms. The highest BCUT2D eigenvalue weighted by Gasteiger charge is 2.28. The van der Waals surface area contributed by atoms with Crippen molar-refractivity contribution in [3.8, 4) is 0 Å². The highest BCUT2D eigenvalue weighted by Crippen LogP contribution is 2.41. The van der Waals surface area contributed by atoms with Crippen LogP contribution in [0.4, 0.5) is 11.4 Å². The van der Waals surface area contributed by atoms with E-state index in [9.17, 15) is 0 Å². The third-order valence-corrected chi connectivity index (χ3v) is 4.31. The van der Waals surface area contributed by atoms with Crippen molar-refractivity contribution in [2.75, 3.05) is 11.4 Å². The van der Waals surface area contributed by atoms with Crippen molar-refractivity contribution in [3.63, 3.8) is 0 Å². The summed E-state index contributed by atoms with van der Waals surface area (Å²) in [5.74, 6) is 0. The van der Waals surface area contributed by atoms with Crippen LogP contribution >= 0.6 is 11.6 Å². The largest absolute Gasteiger partial charge is 0.338 e. The van der Waals surface area contributed by atoms with Gasteiger partial charge in [-0.2, -0.15) is 0 Å². The van der Waals surface area contributed by atoms with E-state index in [1.165, 1.54) is 16.9 Å². The van der Waals surface area contributed by atoms with E-state index < -0.39 is 0 Å². The number of hydrogen-bond acceptors (Lipinski definition) is 2. The second-order valence-electron chi connectivity index (χ2n) is 5.33. The maximum absolute atomic E-state index is 6.38. The summed E-state index contributed by atoms with van der Waals surface area (Å²) < 4.78 is 0. The summed E-state index contributed by atoms with van der Waals surface area (Å²) in [6.45, 7) is 2.87. The molecule has 0 saturated heterocycles. The second-order valence-corrected chi connectivity index (χ2v) is 5.74. The zero-order valence-corrected chi connectivity index (χ0v) is 12.4. The third-order valence-electron chi connectivity index (χ3n) is 3.96. The second kappa shape index (κ2) is 5.47. The first-order valence-electron chi connectivity index (χ1n) is 7.07. The fourth-order valence-electron chi connectivity index (χ4n) is 3.10. The van der Waals surface area contributed by atoms with Crippen molar-refractivity contribution in [2.24, 2.45) is 5.73 Å². The van der Waals surface area contributed by atoms with Gasteiger partial charge in [-0.25, -0.2) is 0 Å². The summed E-state index contributed by atoms with van der Waals surface area (Å²) in [7, 11) is 0. The Morgan fingerprint density at radius 1 is 1.15 bits per heavy atom. The molecule has 1 aliphatic rings. The number of para-hydroxylation sites is 1. The van der Waals surface area contributed by atoms with Crippen LogP contribution in [-0.2, 0) is 12.8 Å². The summed E-state index contributed by atoms with van der Waals surface area (Å²) in [5, 5.41) is 0.810. The minimum atomic E-state index is 0.447. The topological polar surface area (TPSA) is 29.3 Å². The van der Waals surface area contributed by atoms with Gasteiger partial charge in [0.05, 0.1) is 0 Å². The molecule has 0 saturated carbocycles. The fourth-order valence-corrected chi connectivity index (χ4v) is 3.36. The van der Waals surface area contributed by atoms with Gasteiger partial charge in [0, 0.05) is 22.4 Å². The predicted molar refractivity (Wildman–Crippen MR) is 86.0 cm³/mol. The van der Waals surface area contributed by atoms with Gasteiger partial charge in [-0.3, -0.25) is 0 Å². The third kappa shape index (κ3) is 2.19. The summed E-state index contributed by atoms with van der Waals surface area (Å²) in [4.78, 5) is 2.40. The predicted octanol–water partition coefficient (Wildman–Crippen LogP) is 3.92. The zero-order valence-electron chi connectivity index (χ0n) is 11.6. The van der Waals surface area contributed by atoms with Gasteiger partial charge in [0.25, 0.3) is 0 Å². The van der Waals surface area contributed by atoms with Crippen LogP contribution in [0.25, 0.3) is 0 Å². The van der Waals surface area contributed by atoms with Gasteiger partial charge in [0.2, 0.25) is 0 Å². The van der Waals surface area contributed by atoms with Gasteiger partial charge in [-0.05, 0) is 55.6 Å². The minimum absolute atomic E-state index is 0.447. The van der Waals surface area contributed by atoms with E-state index in [4.69, 9.17) is 17.3 Å². The van der Waals surface area contributed by atoms with E-state index in [1.54, 1.807) is 0 Å². The van der Waals surface area contributed by atoms with E-state index in [1.807, 2.05) is 12.1 Å². The Balaban J connectivity index is 2.12. The van der Waals surface area contributed by atoms with Gasteiger partial charge in [-0.1, -0.05) is 35.9 Å². The van der Waals surface area contributed by atoms with Crippen molar-refractivity contribution in [2.45, 2.75) is 25.8 Å². The highest BCUT2D eigenvalue weighted by molar-refractivity contribution is 6.31. The molecular weight excluding hydrogens is 268 g/mol. The van der Waals surface area contributed by atoms with E-state index in [-0.39, 0.29) is 0 Å². The fraction of sp³-hybridized carbons (Fsp3) is 0.294. The molecule has 2 aromatic rings. The van der Waals surface area contributed by atoms with Gasteiger partial charge in [0.15, 0.2) is 0 Å². The van der Waals surface area contributed by atoms with E-state index >= 15 is 0 Å². The first-order chi connectivity index (χ1) is 9.72. The number of nitrogens with two attached hydrogens (primary N) is 1. The first kappa shape index (κ1) is 13.5. The van der Waals surface area contributed by atoms with Crippen molar-refractivity contribution in [1.29, 1.82) is 0 Å². The van der Waals surface area contributed by atoms with Crippen molar-refractivity contribution >= 4 is 23.0 Å². The van der Waals surface area contributed by atoms with Gasteiger partial charge >= 0.3 is 0 Å². The van der Waals surface area contributed by atoms with Crippen molar-refractivity contribution in [1.82, 2.24) is 0 Å². The molecule has 104 valence electrons. The lowest BCUT2D eigenvalue weighted by Gasteiger charge is -2.28. The molecule has 0 amide bonds. The highest BCUT2D eigenvalue weighted by atomic mass is 35.5. The van der Waals surface area contributed by atoms with Crippen LogP contribution in [0.2, 0.25) is 5.02 Å². The Hall–Kier alpha value is -1.51. The minimum Gasteiger partial charge on any atom is -0.338 e. The number of anilines is 2. The number of hydrogen-bond donors (Lipinski definition) is 1.